The Morgan fingerprint density at radius 3 is 3.00 bits per heavy atom. The maximum atomic E-state index is 10.6. The molecule has 96 valence electrons. The van der Waals surface area contributed by atoms with Crippen molar-refractivity contribution in [3.8, 4) is 0 Å². The summed E-state index contributed by atoms with van der Waals surface area (Å²) in [7, 11) is 1.81. The Bertz CT molecular complexity index is 594. The van der Waals surface area contributed by atoms with Gasteiger partial charge in [0.25, 0.3) is 0 Å². The quantitative estimate of drug-likeness (QED) is 0.889. The third-order valence-corrected chi connectivity index (χ3v) is 3.20. The van der Waals surface area contributed by atoms with Crippen molar-refractivity contribution in [2.24, 2.45) is 12.8 Å². The normalized spacial score (nSPS) is 12.8. The fourth-order valence-electron chi connectivity index (χ4n) is 2.03. The molecule has 0 spiro atoms. The van der Waals surface area contributed by atoms with E-state index in [1.165, 1.54) is 0 Å². The molecule has 0 amide bonds. The molecular weight excluding hydrogens is 254 g/mol. The molecule has 0 fully saturated rings. The summed E-state index contributed by atoms with van der Waals surface area (Å²) in [4.78, 5) is 10.6. The molecule has 2 rings (SSSR count). The second-order valence-corrected chi connectivity index (χ2v) is 4.55. The van der Waals surface area contributed by atoms with E-state index in [2.05, 4.69) is 5.10 Å². The predicted octanol–water partition coefficient (Wildman–Crippen LogP) is 2.09. The molecule has 1 unspecified atom stereocenters. The molecule has 0 saturated carbocycles. The van der Waals surface area contributed by atoms with Crippen molar-refractivity contribution in [3.63, 3.8) is 0 Å². The van der Waals surface area contributed by atoms with Crippen LogP contribution in [-0.4, -0.2) is 20.9 Å². The number of halogens is 1. The molecule has 0 bridgehead atoms. The largest absolute Gasteiger partial charge is 0.481 e. The van der Waals surface area contributed by atoms with E-state index in [1.54, 1.807) is 11.7 Å². The summed E-state index contributed by atoms with van der Waals surface area (Å²) in [6.45, 7) is 0. The number of hydrogen-bond acceptors (Lipinski definition) is 3. The number of carbonyl (C=O) groups is 1. The van der Waals surface area contributed by atoms with Crippen LogP contribution in [0.5, 0.6) is 0 Å². The van der Waals surface area contributed by atoms with Gasteiger partial charge in [0.05, 0.1) is 5.52 Å². The van der Waals surface area contributed by atoms with Crippen LogP contribution in [0.4, 0.5) is 0 Å². The van der Waals surface area contributed by atoms with Gasteiger partial charge in [0.15, 0.2) is 5.15 Å². The molecular formula is C12H14ClN3O2. The van der Waals surface area contributed by atoms with Gasteiger partial charge in [0, 0.05) is 24.9 Å². The van der Waals surface area contributed by atoms with E-state index >= 15 is 0 Å². The Kier molecular flexibility index (Phi) is 3.54. The smallest absolute Gasteiger partial charge is 0.303 e. The molecule has 3 N–H and O–H groups in total. The SMILES string of the molecule is Cn1nc(Cl)c2c(C(N)CCC(=O)O)cccc21. The fourth-order valence-corrected chi connectivity index (χ4v) is 2.35. The number of nitrogens with zero attached hydrogens (tertiary/aromatic N) is 2. The molecule has 0 aliphatic carbocycles. The number of carboxylic acids is 1. The van der Waals surface area contributed by atoms with Gasteiger partial charge in [-0.2, -0.15) is 5.10 Å². The minimum atomic E-state index is -0.852. The highest BCUT2D eigenvalue weighted by atomic mass is 35.5. The Morgan fingerprint density at radius 1 is 1.61 bits per heavy atom. The van der Waals surface area contributed by atoms with Crippen LogP contribution in [0.3, 0.4) is 0 Å². The lowest BCUT2D eigenvalue weighted by Crippen LogP contribution is -2.12. The maximum Gasteiger partial charge on any atom is 0.303 e. The van der Waals surface area contributed by atoms with E-state index in [4.69, 9.17) is 22.4 Å². The number of benzene rings is 1. The van der Waals surface area contributed by atoms with Crippen LogP contribution >= 0.6 is 11.6 Å². The van der Waals surface area contributed by atoms with Crippen molar-refractivity contribution in [1.29, 1.82) is 0 Å². The number of carboxylic acid groups (broad SMARTS) is 1. The second-order valence-electron chi connectivity index (χ2n) is 4.19. The fraction of sp³-hybridized carbons (Fsp3) is 0.333. The molecule has 1 atom stereocenters. The molecule has 1 aromatic carbocycles. The number of fused-ring (bicyclic) bond motifs is 1. The van der Waals surface area contributed by atoms with Gasteiger partial charge in [0.2, 0.25) is 0 Å². The first-order valence-electron chi connectivity index (χ1n) is 5.59. The molecule has 1 heterocycles. The average molecular weight is 268 g/mol. The summed E-state index contributed by atoms with van der Waals surface area (Å²) in [6, 6.07) is 5.28. The first-order chi connectivity index (χ1) is 8.50. The lowest BCUT2D eigenvalue weighted by molar-refractivity contribution is -0.137. The van der Waals surface area contributed by atoms with Crippen LogP contribution < -0.4 is 5.73 Å². The van der Waals surface area contributed by atoms with Crippen LogP contribution in [0, 0.1) is 0 Å². The molecule has 1 aromatic heterocycles. The summed E-state index contributed by atoms with van der Waals surface area (Å²) in [5.41, 5.74) is 7.76. The van der Waals surface area contributed by atoms with Crippen molar-refractivity contribution in [1.82, 2.24) is 9.78 Å². The standard InChI is InChI=1S/C12H14ClN3O2/c1-16-9-4-2-3-7(11(9)12(13)15-16)8(14)5-6-10(17)18/h2-4,8H,5-6,14H2,1H3,(H,17,18). The van der Waals surface area contributed by atoms with Crippen molar-refractivity contribution in [3.05, 3.63) is 28.9 Å². The molecule has 0 radical (unpaired) electrons. The van der Waals surface area contributed by atoms with Gasteiger partial charge in [-0.05, 0) is 18.1 Å². The molecule has 6 heteroatoms. The summed E-state index contributed by atoms with van der Waals surface area (Å²) >= 11 is 6.09. The lowest BCUT2D eigenvalue weighted by atomic mass is 9.99. The molecule has 5 nitrogen and oxygen atoms in total. The van der Waals surface area contributed by atoms with Crippen molar-refractivity contribution < 1.29 is 9.90 Å². The van der Waals surface area contributed by atoms with E-state index in [-0.39, 0.29) is 12.5 Å². The topological polar surface area (TPSA) is 81.1 Å². The maximum absolute atomic E-state index is 10.6. The summed E-state index contributed by atoms with van der Waals surface area (Å²) < 4.78 is 1.69. The number of nitrogens with two attached hydrogens (primary N) is 1. The van der Waals surface area contributed by atoms with Crippen LogP contribution in [0.15, 0.2) is 18.2 Å². The van der Waals surface area contributed by atoms with Crippen LogP contribution in [0.1, 0.15) is 24.4 Å². The number of aromatic nitrogens is 2. The van der Waals surface area contributed by atoms with E-state index < -0.39 is 5.97 Å². The van der Waals surface area contributed by atoms with Crippen molar-refractivity contribution >= 4 is 28.5 Å². The van der Waals surface area contributed by atoms with E-state index in [0.717, 1.165) is 16.5 Å². The van der Waals surface area contributed by atoms with Gasteiger partial charge in [0.1, 0.15) is 0 Å². The monoisotopic (exact) mass is 267 g/mol. The number of aliphatic carboxylic acids is 1. The predicted molar refractivity (Wildman–Crippen MR) is 69.5 cm³/mol. The first kappa shape index (κ1) is 12.9. The Morgan fingerprint density at radius 2 is 2.33 bits per heavy atom. The van der Waals surface area contributed by atoms with Gasteiger partial charge >= 0.3 is 5.97 Å². The Balaban J connectivity index is 2.41. The summed E-state index contributed by atoms with van der Waals surface area (Å²) in [6.07, 6.45) is 0.412. The first-order valence-corrected chi connectivity index (χ1v) is 5.97. The van der Waals surface area contributed by atoms with Gasteiger partial charge in [-0.25, -0.2) is 0 Å². The zero-order chi connectivity index (χ0) is 13.3. The van der Waals surface area contributed by atoms with Crippen molar-refractivity contribution in [2.75, 3.05) is 0 Å². The second kappa shape index (κ2) is 4.96. The van der Waals surface area contributed by atoms with E-state index in [9.17, 15) is 4.79 Å². The highest BCUT2D eigenvalue weighted by molar-refractivity contribution is 6.34. The number of rotatable bonds is 4. The van der Waals surface area contributed by atoms with Gasteiger partial charge < -0.3 is 10.8 Å². The Hall–Kier alpha value is -1.59. The number of aryl methyl sites for hydroxylation is 1. The van der Waals surface area contributed by atoms with E-state index in [1.807, 2.05) is 18.2 Å². The van der Waals surface area contributed by atoms with E-state index in [0.29, 0.717) is 11.6 Å². The highest BCUT2D eigenvalue weighted by Crippen LogP contribution is 2.30. The summed E-state index contributed by atoms with van der Waals surface area (Å²) in [5, 5.41) is 14.0. The van der Waals surface area contributed by atoms with Crippen molar-refractivity contribution in [2.45, 2.75) is 18.9 Å². The zero-order valence-electron chi connectivity index (χ0n) is 9.93. The molecule has 0 saturated heterocycles. The summed E-state index contributed by atoms with van der Waals surface area (Å²) in [5.74, 6) is -0.852. The third kappa shape index (κ3) is 2.32. The van der Waals surface area contributed by atoms with Crippen LogP contribution in [0.2, 0.25) is 5.15 Å². The lowest BCUT2D eigenvalue weighted by Gasteiger charge is -2.12. The minimum absolute atomic E-state index is 0.0371. The number of hydrogen-bond donors (Lipinski definition) is 2. The molecule has 0 aliphatic heterocycles. The van der Waals surface area contributed by atoms with Gasteiger partial charge in [-0.15, -0.1) is 0 Å². The van der Waals surface area contributed by atoms with Crippen LogP contribution in [-0.2, 0) is 11.8 Å². The minimum Gasteiger partial charge on any atom is -0.481 e. The van der Waals surface area contributed by atoms with Gasteiger partial charge in [-0.1, -0.05) is 23.7 Å². The van der Waals surface area contributed by atoms with Crippen LogP contribution in [0.25, 0.3) is 10.9 Å². The third-order valence-electron chi connectivity index (χ3n) is 2.94. The molecule has 2 aromatic rings. The average Bonchev–Trinajstić information content (AvgIpc) is 2.62. The zero-order valence-corrected chi connectivity index (χ0v) is 10.7. The molecule has 0 aliphatic rings. The molecule has 18 heavy (non-hydrogen) atoms. The Labute approximate surface area is 109 Å². The highest BCUT2D eigenvalue weighted by Gasteiger charge is 2.16. The van der Waals surface area contributed by atoms with Gasteiger partial charge in [-0.3, -0.25) is 9.48 Å².